The van der Waals surface area contributed by atoms with Gasteiger partial charge in [-0.1, -0.05) is 13.8 Å². The summed E-state index contributed by atoms with van der Waals surface area (Å²) in [6, 6.07) is 1.87. The maximum Gasteiger partial charge on any atom is 0.193 e. The molecule has 0 saturated carbocycles. The van der Waals surface area contributed by atoms with Crippen LogP contribution in [0.1, 0.15) is 36.6 Å². The molecule has 1 heterocycles. The monoisotopic (exact) mass is 165 g/mol. The molecule has 0 fully saturated rings. The first-order valence-corrected chi connectivity index (χ1v) is 4.23. The standard InChI is InChI=1S/C10H15NO/c1-7(2)10-8(3)5-6-11(12)9(10)4/h5-7H,1-4H3. The predicted octanol–water partition coefficient (Wildman–Crippen LogP) is 2.06. The van der Waals surface area contributed by atoms with Gasteiger partial charge in [-0.05, 0) is 18.4 Å². The molecule has 0 aromatic carbocycles. The summed E-state index contributed by atoms with van der Waals surface area (Å²) in [7, 11) is 0. The summed E-state index contributed by atoms with van der Waals surface area (Å²) in [6.45, 7) is 8.13. The normalized spacial score (nSPS) is 10.8. The molecule has 0 N–H and O–H groups in total. The molecule has 0 spiro atoms. The molecule has 0 aliphatic heterocycles. The van der Waals surface area contributed by atoms with E-state index in [-0.39, 0.29) is 0 Å². The first-order chi connectivity index (χ1) is 5.54. The third-order valence-corrected chi connectivity index (χ3v) is 2.18. The number of hydrogen-bond donors (Lipinski definition) is 0. The van der Waals surface area contributed by atoms with Crippen LogP contribution in [-0.4, -0.2) is 0 Å². The van der Waals surface area contributed by atoms with Crippen molar-refractivity contribution in [1.82, 2.24) is 0 Å². The van der Waals surface area contributed by atoms with E-state index in [2.05, 4.69) is 13.8 Å². The van der Waals surface area contributed by atoms with Crippen LogP contribution in [0.15, 0.2) is 12.3 Å². The second-order valence-electron chi connectivity index (χ2n) is 3.48. The molecule has 12 heavy (non-hydrogen) atoms. The minimum atomic E-state index is 0.423. The van der Waals surface area contributed by atoms with Gasteiger partial charge in [0, 0.05) is 18.6 Å². The molecule has 66 valence electrons. The molecule has 1 aromatic heterocycles. The third kappa shape index (κ3) is 1.42. The lowest BCUT2D eigenvalue weighted by molar-refractivity contribution is -0.612. The van der Waals surface area contributed by atoms with Crippen molar-refractivity contribution in [3.8, 4) is 0 Å². The topological polar surface area (TPSA) is 26.9 Å². The van der Waals surface area contributed by atoms with Crippen LogP contribution in [0.4, 0.5) is 0 Å². The smallest absolute Gasteiger partial charge is 0.193 e. The van der Waals surface area contributed by atoms with Gasteiger partial charge in [0.25, 0.3) is 0 Å². The van der Waals surface area contributed by atoms with Crippen LogP contribution in [0.25, 0.3) is 0 Å². The van der Waals surface area contributed by atoms with E-state index >= 15 is 0 Å². The highest BCUT2D eigenvalue weighted by molar-refractivity contribution is 5.28. The molecule has 0 aliphatic rings. The van der Waals surface area contributed by atoms with Crippen molar-refractivity contribution in [1.29, 1.82) is 0 Å². The van der Waals surface area contributed by atoms with E-state index in [9.17, 15) is 5.21 Å². The summed E-state index contributed by atoms with van der Waals surface area (Å²) in [5.74, 6) is 0.423. The van der Waals surface area contributed by atoms with Gasteiger partial charge in [-0.25, -0.2) is 0 Å². The van der Waals surface area contributed by atoms with Crippen molar-refractivity contribution in [2.75, 3.05) is 0 Å². The summed E-state index contributed by atoms with van der Waals surface area (Å²) >= 11 is 0. The van der Waals surface area contributed by atoms with Gasteiger partial charge in [0.15, 0.2) is 11.9 Å². The number of aromatic nitrogens is 1. The minimum Gasteiger partial charge on any atom is -0.619 e. The lowest BCUT2D eigenvalue weighted by Gasteiger charge is -2.12. The van der Waals surface area contributed by atoms with Crippen LogP contribution in [0.3, 0.4) is 0 Å². The summed E-state index contributed by atoms with van der Waals surface area (Å²) in [6.07, 6.45) is 1.57. The fraction of sp³-hybridized carbons (Fsp3) is 0.500. The molecule has 0 amide bonds. The Labute approximate surface area is 73.4 Å². The van der Waals surface area contributed by atoms with Crippen LogP contribution < -0.4 is 4.73 Å². The molecule has 0 unspecified atom stereocenters. The van der Waals surface area contributed by atoms with Crippen molar-refractivity contribution in [3.63, 3.8) is 0 Å². The first kappa shape index (κ1) is 9.04. The van der Waals surface area contributed by atoms with Crippen LogP contribution in [0.5, 0.6) is 0 Å². The minimum absolute atomic E-state index is 0.423. The summed E-state index contributed by atoms with van der Waals surface area (Å²) in [5.41, 5.74) is 3.20. The van der Waals surface area contributed by atoms with Crippen LogP contribution >= 0.6 is 0 Å². The Hall–Kier alpha value is -1.05. The average molecular weight is 165 g/mol. The van der Waals surface area contributed by atoms with E-state index in [1.807, 2.05) is 19.9 Å². The second-order valence-corrected chi connectivity index (χ2v) is 3.48. The van der Waals surface area contributed by atoms with Crippen molar-refractivity contribution in [3.05, 3.63) is 34.3 Å². The van der Waals surface area contributed by atoms with Gasteiger partial charge < -0.3 is 5.21 Å². The van der Waals surface area contributed by atoms with Crippen molar-refractivity contribution in [2.24, 2.45) is 0 Å². The number of aryl methyl sites for hydroxylation is 1. The summed E-state index contributed by atoms with van der Waals surface area (Å²) in [5, 5.41) is 11.2. The third-order valence-electron chi connectivity index (χ3n) is 2.18. The average Bonchev–Trinajstić information content (AvgIpc) is 1.97. The highest BCUT2D eigenvalue weighted by Gasteiger charge is 2.12. The zero-order valence-electron chi connectivity index (χ0n) is 8.09. The molecule has 2 heteroatoms. The number of pyridine rings is 1. The van der Waals surface area contributed by atoms with Crippen LogP contribution in [-0.2, 0) is 0 Å². The highest BCUT2D eigenvalue weighted by Crippen LogP contribution is 2.19. The lowest BCUT2D eigenvalue weighted by atomic mass is 9.97. The zero-order valence-corrected chi connectivity index (χ0v) is 8.09. The Morgan fingerprint density at radius 1 is 1.33 bits per heavy atom. The highest BCUT2D eigenvalue weighted by atomic mass is 16.5. The van der Waals surface area contributed by atoms with E-state index < -0.39 is 0 Å². The molecule has 2 nitrogen and oxygen atoms in total. The van der Waals surface area contributed by atoms with Gasteiger partial charge in [0.2, 0.25) is 0 Å². The fourth-order valence-corrected chi connectivity index (χ4v) is 1.66. The summed E-state index contributed by atoms with van der Waals surface area (Å²) in [4.78, 5) is 0. The largest absolute Gasteiger partial charge is 0.619 e. The van der Waals surface area contributed by atoms with Crippen molar-refractivity contribution < 1.29 is 4.73 Å². The molecule has 0 saturated heterocycles. The molecular weight excluding hydrogens is 150 g/mol. The zero-order chi connectivity index (χ0) is 9.30. The van der Waals surface area contributed by atoms with Gasteiger partial charge in [0.05, 0.1) is 0 Å². The molecule has 0 atom stereocenters. The van der Waals surface area contributed by atoms with E-state index in [0.29, 0.717) is 5.92 Å². The Morgan fingerprint density at radius 2 is 1.92 bits per heavy atom. The van der Waals surface area contributed by atoms with Gasteiger partial charge in [-0.15, -0.1) is 0 Å². The van der Waals surface area contributed by atoms with E-state index in [1.165, 1.54) is 11.1 Å². The Bertz CT molecular complexity index is 292. The fourth-order valence-electron chi connectivity index (χ4n) is 1.66. The van der Waals surface area contributed by atoms with Crippen LogP contribution in [0.2, 0.25) is 0 Å². The van der Waals surface area contributed by atoms with Gasteiger partial charge >= 0.3 is 0 Å². The predicted molar refractivity (Wildman–Crippen MR) is 49.0 cm³/mol. The number of rotatable bonds is 1. The number of nitrogens with zero attached hydrogens (tertiary/aromatic N) is 1. The second kappa shape index (κ2) is 3.13. The van der Waals surface area contributed by atoms with Crippen molar-refractivity contribution in [2.45, 2.75) is 33.6 Å². The Balaban J connectivity index is 3.33. The molecular formula is C10H15NO. The maximum absolute atomic E-state index is 11.2. The molecule has 0 bridgehead atoms. The molecule has 1 aromatic rings. The lowest BCUT2D eigenvalue weighted by Crippen LogP contribution is -2.31. The van der Waals surface area contributed by atoms with Gasteiger partial charge in [0.1, 0.15) is 0 Å². The van der Waals surface area contributed by atoms with E-state index in [4.69, 9.17) is 0 Å². The van der Waals surface area contributed by atoms with Crippen LogP contribution in [0, 0.1) is 19.1 Å². The quantitative estimate of drug-likeness (QED) is 0.462. The Kier molecular flexibility index (Phi) is 2.36. The molecule has 0 aliphatic carbocycles. The summed E-state index contributed by atoms with van der Waals surface area (Å²) < 4.78 is 0.933. The van der Waals surface area contributed by atoms with Crippen molar-refractivity contribution >= 4 is 0 Å². The first-order valence-electron chi connectivity index (χ1n) is 4.23. The van der Waals surface area contributed by atoms with Gasteiger partial charge in [-0.3, -0.25) is 0 Å². The number of hydrogen-bond acceptors (Lipinski definition) is 1. The van der Waals surface area contributed by atoms with Gasteiger partial charge in [-0.2, -0.15) is 4.73 Å². The Morgan fingerprint density at radius 3 is 2.33 bits per heavy atom. The SMILES string of the molecule is Cc1cc[n+]([O-])c(C)c1C(C)C. The molecule has 1 rings (SSSR count). The van der Waals surface area contributed by atoms with E-state index in [0.717, 1.165) is 10.4 Å². The molecule has 0 radical (unpaired) electrons. The van der Waals surface area contributed by atoms with E-state index in [1.54, 1.807) is 6.20 Å². The maximum atomic E-state index is 11.2.